The van der Waals surface area contributed by atoms with E-state index < -0.39 is 0 Å². The molecule has 5 heteroatoms. The second kappa shape index (κ2) is 4.66. The van der Waals surface area contributed by atoms with Gasteiger partial charge in [0.2, 0.25) is 5.91 Å². The Bertz CT molecular complexity index is 581. The highest BCUT2D eigenvalue weighted by molar-refractivity contribution is 5.94. The minimum atomic E-state index is -0.0644. The average molecular weight is 228 g/mol. The van der Waals surface area contributed by atoms with Crippen LogP contribution in [0.3, 0.4) is 0 Å². The number of aromatic nitrogens is 2. The molecule has 0 saturated heterocycles. The first kappa shape index (κ1) is 11.1. The largest absolute Gasteiger partial charge is 0.345 e. The molecule has 2 rings (SSSR count). The van der Waals surface area contributed by atoms with Crippen LogP contribution in [-0.4, -0.2) is 22.9 Å². The lowest BCUT2D eigenvalue weighted by atomic mass is 10.2. The molecule has 0 fully saturated rings. The van der Waals surface area contributed by atoms with E-state index in [9.17, 15) is 4.79 Å². The lowest BCUT2D eigenvalue weighted by Crippen LogP contribution is -2.25. The van der Waals surface area contributed by atoms with Gasteiger partial charge < -0.3 is 9.88 Å². The first-order chi connectivity index (χ1) is 8.22. The van der Waals surface area contributed by atoms with Crippen molar-refractivity contribution in [2.75, 3.05) is 11.9 Å². The highest BCUT2D eigenvalue weighted by atomic mass is 16.2. The van der Waals surface area contributed by atoms with Gasteiger partial charge in [0.05, 0.1) is 23.4 Å². The number of nitriles is 1. The molecular formula is C12H12N4O. The summed E-state index contributed by atoms with van der Waals surface area (Å²) in [5, 5.41) is 8.45. The third kappa shape index (κ3) is 2.26. The van der Waals surface area contributed by atoms with Gasteiger partial charge in [-0.3, -0.25) is 4.79 Å². The summed E-state index contributed by atoms with van der Waals surface area (Å²) in [6.07, 6.45) is 2.11. The Morgan fingerprint density at radius 2 is 2.41 bits per heavy atom. The van der Waals surface area contributed by atoms with Crippen LogP contribution in [-0.2, 0) is 4.79 Å². The van der Waals surface area contributed by atoms with Crippen molar-refractivity contribution in [1.82, 2.24) is 9.97 Å². The summed E-state index contributed by atoms with van der Waals surface area (Å²) in [7, 11) is 1.71. The number of imidazole rings is 1. The van der Waals surface area contributed by atoms with Crippen LogP contribution >= 0.6 is 0 Å². The third-order valence-electron chi connectivity index (χ3n) is 2.62. The number of anilines is 1. The Labute approximate surface area is 98.7 Å². The maximum atomic E-state index is 11.7. The normalized spacial score (nSPS) is 10.1. The van der Waals surface area contributed by atoms with Crippen molar-refractivity contribution in [1.29, 1.82) is 5.26 Å². The quantitative estimate of drug-likeness (QED) is 0.870. The first-order valence-corrected chi connectivity index (χ1v) is 5.29. The number of carbonyl (C=O) groups excluding carboxylic acids is 1. The predicted molar refractivity (Wildman–Crippen MR) is 64.4 cm³/mol. The molecule has 0 bridgehead atoms. The van der Waals surface area contributed by atoms with E-state index >= 15 is 0 Å². The molecular weight excluding hydrogens is 216 g/mol. The summed E-state index contributed by atoms with van der Waals surface area (Å²) < 4.78 is 0. The topological polar surface area (TPSA) is 72.8 Å². The summed E-state index contributed by atoms with van der Waals surface area (Å²) in [5.41, 5.74) is 2.55. The Balaban J connectivity index is 2.21. The van der Waals surface area contributed by atoms with Crippen LogP contribution < -0.4 is 4.90 Å². The number of carbonyl (C=O) groups is 1. The molecule has 1 N–H and O–H groups in total. The number of hydrogen-bond donors (Lipinski definition) is 1. The molecule has 0 atom stereocenters. The second-order valence-electron chi connectivity index (χ2n) is 3.71. The maximum Gasteiger partial charge on any atom is 0.227 e. The number of H-pyrrole nitrogens is 1. The summed E-state index contributed by atoms with van der Waals surface area (Å²) >= 11 is 0. The van der Waals surface area contributed by atoms with Crippen molar-refractivity contribution in [2.24, 2.45) is 0 Å². The summed E-state index contributed by atoms with van der Waals surface area (Å²) in [6, 6.07) is 7.53. The molecule has 1 aromatic heterocycles. The SMILES string of the molecule is CN(C(=O)CCC#N)c1ccc2nc[nH]c2c1. The Morgan fingerprint density at radius 3 is 3.18 bits per heavy atom. The number of aromatic amines is 1. The van der Waals surface area contributed by atoms with Gasteiger partial charge in [0, 0.05) is 25.6 Å². The second-order valence-corrected chi connectivity index (χ2v) is 3.71. The van der Waals surface area contributed by atoms with E-state index in [1.807, 2.05) is 24.3 Å². The maximum absolute atomic E-state index is 11.7. The molecule has 5 nitrogen and oxygen atoms in total. The molecule has 17 heavy (non-hydrogen) atoms. The lowest BCUT2D eigenvalue weighted by molar-refractivity contribution is -0.118. The van der Waals surface area contributed by atoms with Crippen molar-refractivity contribution in [2.45, 2.75) is 12.8 Å². The fourth-order valence-corrected chi connectivity index (χ4v) is 1.61. The minimum absolute atomic E-state index is 0.0644. The van der Waals surface area contributed by atoms with Crippen molar-refractivity contribution < 1.29 is 4.79 Å². The smallest absolute Gasteiger partial charge is 0.227 e. The van der Waals surface area contributed by atoms with Crippen LogP contribution in [0.25, 0.3) is 11.0 Å². The van der Waals surface area contributed by atoms with Gasteiger partial charge in [0.15, 0.2) is 0 Å². The van der Waals surface area contributed by atoms with E-state index in [-0.39, 0.29) is 18.7 Å². The molecule has 0 radical (unpaired) electrons. The molecule has 1 amide bonds. The van der Waals surface area contributed by atoms with Gasteiger partial charge in [-0.05, 0) is 18.2 Å². The van der Waals surface area contributed by atoms with Gasteiger partial charge in [0.25, 0.3) is 0 Å². The van der Waals surface area contributed by atoms with Crippen molar-refractivity contribution in [3.8, 4) is 6.07 Å². The lowest BCUT2D eigenvalue weighted by Gasteiger charge is -2.16. The van der Waals surface area contributed by atoms with Crippen LogP contribution in [0.5, 0.6) is 0 Å². The van der Waals surface area contributed by atoms with Crippen molar-refractivity contribution >= 4 is 22.6 Å². The Morgan fingerprint density at radius 1 is 1.59 bits per heavy atom. The van der Waals surface area contributed by atoms with Crippen molar-refractivity contribution in [3.63, 3.8) is 0 Å². The number of hydrogen-bond acceptors (Lipinski definition) is 3. The highest BCUT2D eigenvalue weighted by Gasteiger charge is 2.11. The molecule has 0 aliphatic rings. The summed E-state index contributed by atoms with van der Waals surface area (Å²) in [5.74, 6) is -0.0644. The summed E-state index contributed by atoms with van der Waals surface area (Å²) in [6.45, 7) is 0. The molecule has 86 valence electrons. The third-order valence-corrected chi connectivity index (χ3v) is 2.62. The van der Waals surface area contributed by atoms with Crippen LogP contribution in [0.2, 0.25) is 0 Å². The Hall–Kier alpha value is -2.35. The van der Waals surface area contributed by atoms with E-state index in [2.05, 4.69) is 9.97 Å². The van der Waals surface area contributed by atoms with Gasteiger partial charge in [-0.2, -0.15) is 5.26 Å². The number of rotatable bonds is 3. The number of amides is 1. The van der Waals surface area contributed by atoms with Gasteiger partial charge >= 0.3 is 0 Å². The van der Waals surface area contributed by atoms with Gasteiger partial charge in [-0.15, -0.1) is 0 Å². The Kier molecular flexibility index (Phi) is 3.06. The van der Waals surface area contributed by atoms with Gasteiger partial charge in [0.1, 0.15) is 0 Å². The monoisotopic (exact) mass is 228 g/mol. The molecule has 1 aromatic carbocycles. The fourth-order valence-electron chi connectivity index (χ4n) is 1.61. The zero-order chi connectivity index (χ0) is 12.3. The number of nitrogens with one attached hydrogen (secondary N) is 1. The van der Waals surface area contributed by atoms with Crippen LogP contribution in [0.4, 0.5) is 5.69 Å². The van der Waals surface area contributed by atoms with Crippen molar-refractivity contribution in [3.05, 3.63) is 24.5 Å². The first-order valence-electron chi connectivity index (χ1n) is 5.29. The molecule has 0 saturated carbocycles. The fraction of sp³-hybridized carbons (Fsp3) is 0.250. The molecule has 2 aromatic rings. The van der Waals surface area contributed by atoms with E-state index in [4.69, 9.17) is 5.26 Å². The molecule has 0 aliphatic heterocycles. The van der Waals surface area contributed by atoms with Crippen LogP contribution in [0.15, 0.2) is 24.5 Å². The van der Waals surface area contributed by atoms with Crippen LogP contribution in [0.1, 0.15) is 12.8 Å². The molecule has 1 heterocycles. The average Bonchev–Trinajstić information content (AvgIpc) is 2.81. The summed E-state index contributed by atoms with van der Waals surface area (Å²) in [4.78, 5) is 20.4. The zero-order valence-corrected chi connectivity index (χ0v) is 9.47. The van der Waals surface area contributed by atoms with Crippen LogP contribution in [0, 0.1) is 11.3 Å². The zero-order valence-electron chi connectivity index (χ0n) is 9.47. The predicted octanol–water partition coefficient (Wildman–Crippen LogP) is 1.83. The van der Waals surface area contributed by atoms with E-state index in [1.165, 1.54) is 0 Å². The minimum Gasteiger partial charge on any atom is -0.345 e. The van der Waals surface area contributed by atoms with E-state index in [0.29, 0.717) is 0 Å². The van der Waals surface area contributed by atoms with E-state index in [0.717, 1.165) is 16.7 Å². The molecule has 0 aliphatic carbocycles. The van der Waals surface area contributed by atoms with Gasteiger partial charge in [-0.1, -0.05) is 0 Å². The number of nitrogens with zero attached hydrogens (tertiary/aromatic N) is 3. The standard InChI is InChI=1S/C12H12N4O/c1-16(12(17)3-2-6-13)9-4-5-10-11(7-9)15-8-14-10/h4-5,7-8H,2-3H2,1H3,(H,14,15). The number of fused-ring (bicyclic) bond motifs is 1. The molecule has 0 unspecified atom stereocenters. The van der Waals surface area contributed by atoms with E-state index in [1.54, 1.807) is 18.3 Å². The van der Waals surface area contributed by atoms with Gasteiger partial charge in [-0.25, -0.2) is 4.98 Å². The highest BCUT2D eigenvalue weighted by Crippen LogP contribution is 2.19. The molecule has 0 spiro atoms. The number of benzene rings is 1.